The van der Waals surface area contributed by atoms with Crippen molar-refractivity contribution in [2.45, 2.75) is 39.2 Å². The SMILES string of the molecule is CCC(C)(CC)OC=O. The van der Waals surface area contributed by atoms with Crippen LogP contribution in [0.2, 0.25) is 0 Å². The second-order valence-corrected chi connectivity index (χ2v) is 2.37. The van der Waals surface area contributed by atoms with E-state index < -0.39 is 0 Å². The van der Waals surface area contributed by atoms with Crippen LogP contribution in [0.4, 0.5) is 0 Å². The van der Waals surface area contributed by atoms with E-state index in [4.69, 9.17) is 4.74 Å². The first kappa shape index (κ1) is 8.47. The Balaban J connectivity index is 3.75. The minimum atomic E-state index is -0.234. The van der Waals surface area contributed by atoms with E-state index in [1.165, 1.54) is 0 Å². The van der Waals surface area contributed by atoms with Gasteiger partial charge in [0.15, 0.2) is 0 Å². The first-order valence-electron chi connectivity index (χ1n) is 3.30. The summed E-state index contributed by atoms with van der Waals surface area (Å²) in [6, 6.07) is 0. The molecule has 0 aromatic heterocycles. The molecule has 0 amide bonds. The van der Waals surface area contributed by atoms with Gasteiger partial charge in [0.1, 0.15) is 5.60 Å². The van der Waals surface area contributed by atoms with E-state index in [-0.39, 0.29) is 5.60 Å². The second-order valence-electron chi connectivity index (χ2n) is 2.37. The highest BCUT2D eigenvalue weighted by Gasteiger charge is 2.19. The zero-order chi connectivity index (χ0) is 7.33. The van der Waals surface area contributed by atoms with Crippen molar-refractivity contribution in [3.63, 3.8) is 0 Å². The quantitative estimate of drug-likeness (QED) is 0.542. The summed E-state index contributed by atoms with van der Waals surface area (Å²) in [5.74, 6) is 0. The second kappa shape index (κ2) is 3.49. The molecule has 2 nitrogen and oxygen atoms in total. The third-order valence-corrected chi connectivity index (χ3v) is 1.83. The molecule has 0 rings (SSSR count). The van der Waals surface area contributed by atoms with Gasteiger partial charge in [-0.1, -0.05) is 13.8 Å². The van der Waals surface area contributed by atoms with Crippen molar-refractivity contribution in [2.24, 2.45) is 0 Å². The summed E-state index contributed by atoms with van der Waals surface area (Å²) in [4.78, 5) is 9.92. The molecule has 54 valence electrons. The lowest BCUT2D eigenvalue weighted by Gasteiger charge is -2.23. The van der Waals surface area contributed by atoms with E-state index in [0.717, 1.165) is 12.8 Å². The summed E-state index contributed by atoms with van der Waals surface area (Å²) in [6.45, 7) is 6.47. The minimum Gasteiger partial charge on any atom is -0.462 e. The summed E-state index contributed by atoms with van der Waals surface area (Å²) in [5.41, 5.74) is -0.234. The lowest BCUT2D eigenvalue weighted by molar-refractivity contribution is -0.142. The number of rotatable bonds is 4. The van der Waals surface area contributed by atoms with Gasteiger partial charge in [-0.25, -0.2) is 0 Å². The molecule has 2 heteroatoms. The van der Waals surface area contributed by atoms with E-state index >= 15 is 0 Å². The Hall–Kier alpha value is -0.530. The highest BCUT2D eigenvalue weighted by atomic mass is 16.5. The number of carbonyl (C=O) groups is 1. The third-order valence-electron chi connectivity index (χ3n) is 1.83. The van der Waals surface area contributed by atoms with Gasteiger partial charge in [-0.15, -0.1) is 0 Å². The van der Waals surface area contributed by atoms with E-state index in [1.807, 2.05) is 20.8 Å². The fraction of sp³-hybridized carbons (Fsp3) is 0.857. The molecule has 0 heterocycles. The first-order chi connectivity index (χ1) is 4.18. The lowest BCUT2D eigenvalue weighted by Crippen LogP contribution is -2.25. The molecule has 0 aliphatic heterocycles. The Morgan fingerprint density at radius 2 is 1.89 bits per heavy atom. The van der Waals surface area contributed by atoms with Gasteiger partial charge in [0.25, 0.3) is 6.47 Å². The van der Waals surface area contributed by atoms with E-state index in [0.29, 0.717) is 6.47 Å². The van der Waals surface area contributed by atoms with Crippen molar-refractivity contribution < 1.29 is 9.53 Å². The van der Waals surface area contributed by atoms with Crippen LogP contribution in [0.15, 0.2) is 0 Å². The van der Waals surface area contributed by atoms with Crippen molar-refractivity contribution in [1.82, 2.24) is 0 Å². The van der Waals surface area contributed by atoms with Crippen LogP contribution in [-0.2, 0) is 9.53 Å². The Morgan fingerprint density at radius 3 is 2.00 bits per heavy atom. The molecule has 0 unspecified atom stereocenters. The zero-order valence-electron chi connectivity index (χ0n) is 6.31. The Kier molecular flexibility index (Phi) is 3.28. The predicted octanol–water partition coefficient (Wildman–Crippen LogP) is 1.74. The Morgan fingerprint density at radius 1 is 1.44 bits per heavy atom. The third kappa shape index (κ3) is 2.49. The number of carbonyl (C=O) groups excluding carboxylic acids is 1. The normalized spacial score (nSPS) is 11.0. The van der Waals surface area contributed by atoms with Crippen LogP contribution in [-0.4, -0.2) is 12.1 Å². The average Bonchev–Trinajstić information content (AvgIpc) is 1.89. The molecule has 0 radical (unpaired) electrons. The van der Waals surface area contributed by atoms with Crippen LogP contribution >= 0.6 is 0 Å². The standard InChI is InChI=1S/C7H14O2/c1-4-7(3,5-2)9-6-8/h6H,4-5H2,1-3H3. The maximum absolute atomic E-state index is 9.92. The van der Waals surface area contributed by atoms with Gasteiger partial charge in [-0.05, 0) is 19.8 Å². The van der Waals surface area contributed by atoms with Crippen LogP contribution < -0.4 is 0 Å². The van der Waals surface area contributed by atoms with Gasteiger partial charge in [0.05, 0.1) is 0 Å². The number of hydrogen-bond donors (Lipinski definition) is 0. The van der Waals surface area contributed by atoms with E-state index in [9.17, 15) is 4.79 Å². The molecule has 0 aliphatic rings. The average molecular weight is 130 g/mol. The van der Waals surface area contributed by atoms with Crippen molar-refractivity contribution in [3.8, 4) is 0 Å². The smallest absolute Gasteiger partial charge is 0.293 e. The van der Waals surface area contributed by atoms with Crippen molar-refractivity contribution >= 4 is 6.47 Å². The summed E-state index contributed by atoms with van der Waals surface area (Å²) >= 11 is 0. The molecule has 0 fully saturated rings. The molecule has 0 N–H and O–H groups in total. The molecule has 0 atom stereocenters. The van der Waals surface area contributed by atoms with E-state index in [2.05, 4.69) is 0 Å². The number of hydrogen-bond acceptors (Lipinski definition) is 2. The summed E-state index contributed by atoms with van der Waals surface area (Å²) in [5, 5.41) is 0. The molecular formula is C7H14O2. The predicted molar refractivity (Wildman–Crippen MR) is 36.1 cm³/mol. The molecular weight excluding hydrogens is 116 g/mol. The molecule has 0 saturated heterocycles. The van der Waals surface area contributed by atoms with Crippen molar-refractivity contribution in [2.75, 3.05) is 0 Å². The molecule has 9 heavy (non-hydrogen) atoms. The molecule has 0 saturated carbocycles. The summed E-state index contributed by atoms with van der Waals surface area (Å²) in [6.07, 6.45) is 1.75. The highest BCUT2D eigenvalue weighted by Crippen LogP contribution is 2.17. The fourth-order valence-electron chi connectivity index (χ4n) is 0.533. The van der Waals surface area contributed by atoms with Crippen LogP contribution in [0.1, 0.15) is 33.6 Å². The monoisotopic (exact) mass is 130 g/mol. The first-order valence-corrected chi connectivity index (χ1v) is 3.30. The van der Waals surface area contributed by atoms with Gasteiger partial charge in [-0.3, -0.25) is 4.79 Å². The zero-order valence-corrected chi connectivity index (χ0v) is 6.31. The Labute approximate surface area is 56.2 Å². The highest BCUT2D eigenvalue weighted by molar-refractivity contribution is 5.38. The number of ether oxygens (including phenoxy) is 1. The lowest BCUT2D eigenvalue weighted by atomic mass is 10.0. The Bertz CT molecular complexity index is 84.9. The van der Waals surface area contributed by atoms with Crippen LogP contribution in [0.25, 0.3) is 0 Å². The van der Waals surface area contributed by atoms with Gasteiger partial charge in [-0.2, -0.15) is 0 Å². The maximum atomic E-state index is 9.92. The van der Waals surface area contributed by atoms with Crippen LogP contribution in [0, 0.1) is 0 Å². The van der Waals surface area contributed by atoms with Gasteiger partial charge in [0.2, 0.25) is 0 Å². The van der Waals surface area contributed by atoms with E-state index in [1.54, 1.807) is 0 Å². The molecule has 0 aliphatic carbocycles. The van der Waals surface area contributed by atoms with Gasteiger partial charge >= 0.3 is 0 Å². The summed E-state index contributed by atoms with van der Waals surface area (Å²) in [7, 11) is 0. The summed E-state index contributed by atoms with van der Waals surface area (Å²) < 4.78 is 4.85. The topological polar surface area (TPSA) is 26.3 Å². The molecule has 0 bridgehead atoms. The van der Waals surface area contributed by atoms with Crippen molar-refractivity contribution in [1.29, 1.82) is 0 Å². The largest absolute Gasteiger partial charge is 0.462 e. The fourth-order valence-corrected chi connectivity index (χ4v) is 0.533. The molecule has 0 aromatic rings. The molecule has 0 aromatic carbocycles. The minimum absolute atomic E-state index is 0.234. The maximum Gasteiger partial charge on any atom is 0.293 e. The molecule has 0 spiro atoms. The van der Waals surface area contributed by atoms with Crippen molar-refractivity contribution in [3.05, 3.63) is 0 Å². The van der Waals surface area contributed by atoms with Crippen LogP contribution in [0.5, 0.6) is 0 Å². The van der Waals surface area contributed by atoms with Crippen LogP contribution in [0.3, 0.4) is 0 Å². The van der Waals surface area contributed by atoms with Gasteiger partial charge in [0, 0.05) is 0 Å². The van der Waals surface area contributed by atoms with Gasteiger partial charge < -0.3 is 4.74 Å².